The van der Waals surface area contributed by atoms with E-state index in [4.69, 9.17) is 0 Å². The molecule has 2 heterocycles. The highest BCUT2D eigenvalue weighted by Gasteiger charge is 2.24. The van der Waals surface area contributed by atoms with Crippen LogP contribution in [0.25, 0.3) is 0 Å². The van der Waals surface area contributed by atoms with Crippen molar-refractivity contribution in [2.24, 2.45) is 0 Å². The molecular weight excluding hydrogens is 354 g/mol. The Labute approximate surface area is 164 Å². The number of piperazine rings is 1. The number of carbonyl (C=O) groups is 3. The van der Waals surface area contributed by atoms with E-state index in [1.54, 1.807) is 34.1 Å². The molecule has 1 saturated heterocycles. The van der Waals surface area contributed by atoms with Crippen molar-refractivity contribution < 1.29 is 14.4 Å². The SMILES string of the molecule is O=CN1CCN(C(=O)c2cccc(C(=O)N3CCc4ccccc4C3)c2)CC1. The van der Waals surface area contributed by atoms with Gasteiger partial charge in [-0.3, -0.25) is 14.4 Å². The minimum atomic E-state index is -0.0933. The molecule has 0 aromatic heterocycles. The van der Waals surface area contributed by atoms with Crippen molar-refractivity contribution in [2.45, 2.75) is 13.0 Å². The molecule has 2 aliphatic rings. The number of benzene rings is 2. The number of hydrogen-bond donors (Lipinski definition) is 0. The molecule has 0 saturated carbocycles. The molecule has 2 aromatic rings. The topological polar surface area (TPSA) is 60.9 Å². The average Bonchev–Trinajstić information content (AvgIpc) is 2.78. The van der Waals surface area contributed by atoms with Crippen molar-refractivity contribution in [2.75, 3.05) is 32.7 Å². The molecular formula is C22H23N3O3. The van der Waals surface area contributed by atoms with Gasteiger partial charge in [0.15, 0.2) is 0 Å². The van der Waals surface area contributed by atoms with Crippen LogP contribution in [-0.2, 0) is 17.8 Å². The second-order valence-corrected chi connectivity index (χ2v) is 7.26. The van der Waals surface area contributed by atoms with E-state index >= 15 is 0 Å². The van der Waals surface area contributed by atoms with Crippen LogP contribution in [0.4, 0.5) is 0 Å². The lowest BCUT2D eigenvalue weighted by molar-refractivity contribution is -0.119. The van der Waals surface area contributed by atoms with Crippen molar-refractivity contribution in [3.05, 3.63) is 70.8 Å². The Morgan fingerprint density at radius 3 is 2.07 bits per heavy atom. The predicted octanol–water partition coefficient (Wildman–Crippen LogP) is 1.80. The van der Waals surface area contributed by atoms with Crippen LogP contribution >= 0.6 is 0 Å². The van der Waals surface area contributed by atoms with Gasteiger partial charge in [0, 0.05) is 50.4 Å². The van der Waals surface area contributed by atoms with Crippen LogP contribution < -0.4 is 0 Å². The van der Waals surface area contributed by atoms with Crippen molar-refractivity contribution >= 4 is 18.2 Å². The third-order valence-corrected chi connectivity index (χ3v) is 5.52. The average molecular weight is 377 g/mol. The Hall–Kier alpha value is -3.15. The second kappa shape index (κ2) is 7.84. The van der Waals surface area contributed by atoms with Gasteiger partial charge in [0.05, 0.1) is 0 Å². The number of rotatable bonds is 3. The lowest BCUT2D eigenvalue weighted by atomic mass is 9.99. The maximum Gasteiger partial charge on any atom is 0.254 e. The molecule has 0 N–H and O–H groups in total. The molecule has 144 valence electrons. The van der Waals surface area contributed by atoms with Crippen LogP contribution in [0.5, 0.6) is 0 Å². The summed E-state index contributed by atoms with van der Waals surface area (Å²) in [5.41, 5.74) is 3.53. The molecule has 0 unspecified atom stereocenters. The van der Waals surface area contributed by atoms with Gasteiger partial charge in [0.2, 0.25) is 6.41 Å². The summed E-state index contributed by atoms with van der Waals surface area (Å²) in [6.07, 6.45) is 1.67. The maximum absolute atomic E-state index is 13.0. The van der Waals surface area contributed by atoms with E-state index < -0.39 is 0 Å². The van der Waals surface area contributed by atoms with Gasteiger partial charge in [0.25, 0.3) is 11.8 Å². The van der Waals surface area contributed by atoms with Gasteiger partial charge in [0.1, 0.15) is 0 Å². The summed E-state index contributed by atoms with van der Waals surface area (Å²) in [7, 11) is 0. The Balaban J connectivity index is 1.47. The highest BCUT2D eigenvalue weighted by Crippen LogP contribution is 2.21. The summed E-state index contributed by atoms with van der Waals surface area (Å²) >= 11 is 0. The van der Waals surface area contributed by atoms with E-state index in [-0.39, 0.29) is 11.8 Å². The first-order valence-corrected chi connectivity index (χ1v) is 9.60. The molecule has 6 nitrogen and oxygen atoms in total. The number of carbonyl (C=O) groups excluding carboxylic acids is 3. The Kier molecular flexibility index (Phi) is 5.10. The summed E-state index contributed by atoms with van der Waals surface area (Å²) in [6.45, 7) is 3.39. The number of fused-ring (bicyclic) bond motifs is 1. The second-order valence-electron chi connectivity index (χ2n) is 7.26. The monoisotopic (exact) mass is 377 g/mol. The summed E-state index contributed by atoms with van der Waals surface area (Å²) in [5.74, 6) is -0.140. The molecule has 0 bridgehead atoms. The predicted molar refractivity (Wildman–Crippen MR) is 105 cm³/mol. The van der Waals surface area contributed by atoms with Gasteiger partial charge in [-0.15, -0.1) is 0 Å². The Bertz CT molecular complexity index is 903. The zero-order chi connectivity index (χ0) is 19.5. The van der Waals surface area contributed by atoms with Crippen LogP contribution in [0.2, 0.25) is 0 Å². The van der Waals surface area contributed by atoms with E-state index in [0.717, 1.165) is 12.8 Å². The van der Waals surface area contributed by atoms with Gasteiger partial charge in [-0.1, -0.05) is 30.3 Å². The zero-order valence-electron chi connectivity index (χ0n) is 15.7. The zero-order valence-corrected chi connectivity index (χ0v) is 15.7. The van der Waals surface area contributed by atoms with Crippen LogP contribution in [0.15, 0.2) is 48.5 Å². The highest BCUT2D eigenvalue weighted by molar-refractivity contribution is 5.99. The molecule has 1 fully saturated rings. The molecule has 28 heavy (non-hydrogen) atoms. The quantitative estimate of drug-likeness (QED) is 0.767. The molecule has 0 radical (unpaired) electrons. The van der Waals surface area contributed by atoms with Crippen LogP contribution in [-0.4, -0.2) is 65.6 Å². The fourth-order valence-corrected chi connectivity index (χ4v) is 3.85. The molecule has 6 heteroatoms. The van der Waals surface area contributed by atoms with Gasteiger partial charge < -0.3 is 14.7 Å². The summed E-state index contributed by atoms with van der Waals surface area (Å²) in [4.78, 5) is 41.9. The Morgan fingerprint density at radius 2 is 1.39 bits per heavy atom. The maximum atomic E-state index is 13.0. The minimum Gasteiger partial charge on any atom is -0.342 e. The van der Waals surface area contributed by atoms with Crippen molar-refractivity contribution in [1.82, 2.24) is 14.7 Å². The van der Waals surface area contributed by atoms with Gasteiger partial charge in [-0.05, 0) is 35.7 Å². The van der Waals surface area contributed by atoms with Crippen LogP contribution in [0.3, 0.4) is 0 Å². The smallest absolute Gasteiger partial charge is 0.254 e. The first-order valence-electron chi connectivity index (χ1n) is 9.60. The third kappa shape index (κ3) is 3.63. The standard InChI is InChI=1S/C22H23N3O3/c26-16-23-10-12-24(13-11-23)21(27)18-6-3-7-19(14-18)22(28)25-9-8-17-4-1-2-5-20(17)15-25/h1-7,14,16H,8-13,15H2. The third-order valence-electron chi connectivity index (χ3n) is 5.52. The molecule has 3 amide bonds. The fourth-order valence-electron chi connectivity index (χ4n) is 3.85. The number of amides is 3. The molecule has 0 spiro atoms. The summed E-state index contributed by atoms with van der Waals surface area (Å²) in [6, 6.07) is 15.2. The van der Waals surface area contributed by atoms with E-state index in [2.05, 4.69) is 12.1 Å². The first kappa shape index (κ1) is 18.2. The van der Waals surface area contributed by atoms with Gasteiger partial charge in [-0.2, -0.15) is 0 Å². The van der Waals surface area contributed by atoms with Gasteiger partial charge in [-0.25, -0.2) is 0 Å². The van der Waals surface area contributed by atoms with E-state index in [1.807, 2.05) is 17.0 Å². The summed E-state index contributed by atoms with van der Waals surface area (Å²) in [5, 5.41) is 0. The number of hydrogen-bond acceptors (Lipinski definition) is 3. The van der Waals surface area contributed by atoms with Crippen molar-refractivity contribution in [3.63, 3.8) is 0 Å². The first-order chi connectivity index (χ1) is 13.7. The highest BCUT2D eigenvalue weighted by atomic mass is 16.2. The molecule has 0 atom stereocenters. The van der Waals surface area contributed by atoms with Crippen LogP contribution in [0, 0.1) is 0 Å². The number of nitrogens with zero attached hydrogens (tertiary/aromatic N) is 3. The molecule has 2 aromatic carbocycles. The van der Waals surface area contributed by atoms with Crippen LogP contribution in [0.1, 0.15) is 31.8 Å². The van der Waals surface area contributed by atoms with E-state index in [9.17, 15) is 14.4 Å². The largest absolute Gasteiger partial charge is 0.342 e. The fraction of sp³-hybridized carbons (Fsp3) is 0.318. The van der Waals surface area contributed by atoms with E-state index in [1.165, 1.54) is 11.1 Å². The lowest BCUT2D eigenvalue weighted by Gasteiger charge is -2.32. The van der Waals surface area contributed by atoms with Gasteiger partial charge >= 0.3 is 0 Å². The lowest BCUT2D eigenvalue weighted by Crippen LogP contribution is -2.48. The van der Waals surface area contributed by atoms with Crippen molar-refractivity contribution in [3.8, 4) is 0 Å². The molecule has 4 rings (SSSR count). The molecule has 2 aliphatic heterocycles. The normalized spacial score (nSPS) is 16.5. The minimum absolute atomic E-state index is 0.0464. The van der Waals surface area contributed by atoms with E-state index in [0.29, 0.717) is 50.4 Å². The molecule has 0 aliphatic carbocycles. The van der Waals surface area contributed by atoms with Crippen molar-refractivity contribution in [1.29, 1.82) is 0 Å². The summed E-state index contributed by atoms with van der Waals surface area (Å²) < 4.78 is 0. The Morgan fingerprint density at radius 1 is 0.750 bits per heavy atom.